The number of aliphatic hydroxyl groups is 1. The lowest BCUT2D eigenvalue weighted by Gasteiger charge is -2.30. The van der Waals surface area contributed by atoms with Crippen LogP contribution in [0.1, 0.15) is 49.7 Å². The van der Waals surface area contributed by atoms with Gasteiger partial charge in [-0.15, -0.1) is 0 Å². The molecule has 33 heavy (non-hydrogen) atoms. The molecule has 176 valence electrons. The minimum Gasteiger partial charge on any atom is -0.392 e. The second-order valence-electron chi connectivity index (χ2n) is 9.29. The van der Waals surface area contributed by atoms with Gasteiger partial charge in [0.15, 0.2) is 0 Å². The highest BCUT2D eigenvalue weighted by atomic mass is 19.1. The van der Waals surface area contributed by atoms with Gasteiger partial charge in [-0.1, -0.05) is 37.3 Å². The summed E-state index contributed by atoms with van der Waals surface area (Å²) < 4.78 is 15.4. The molecular weight excluding hydrogens is 415 g/mol. The number of fused-ring (bicyclic) bond motifs is 1. The van der Waals surface area contributed by atoms with Gasteiger partial charge in [0.1, 0.15) is 5.82 Å². The third-order valence-electron chi connectivity index (χ3n) is 6.54. The van der Waals surface area contributed by atoms with E-state index in [-0.39, 0.29) is 11.9 Å². The van der Waals surface area contributed by atoms with Crippen molar-refractivity contribution in [3.63, 3.8) is 0 Å². The quantitative estimate of drug-likeness (QED) is 0.519. The van der Waals surface area contributed by atoms with Gasteiger partial charge in [-0.3, -0.25) is 9.80 Å². The van der Waals surface area contributed by atoms with Gasteiger partial charge in [0.2, 0.25) is 0 Å². The van der Waals surface area contributed by atoms with E-state index in [9.17, 15) is 9.50 Å². The Morgan fingerprint density at radius 1 is 1.09 bits per heavy atom. The molecule has 0 aliphatic carbocycles. The predicted molar refractivity (Wildman–Crippen MR) is 130 cm³/mol. The summed E-state index contributed by atoms with van der Waals surface area (Å²) >= 11 is 0. The molecule has 0 radical (unpaired) electrons. The van der Waals surface area contributed by atoms with E-state index in [4.69, 9.17) is 5.10 Å². The average Bonchev–Trinajstić information content (AvgIpc) is 3.18. The molecule has 2 aromatic carbocycles. The lowest BCUT2D eigenvalue weighted by Crippen LogP contribution is -2.37. The van der Waals surface area contributed by atoms with Crippen molar-refractivity contribution in [2.24, 2.45) is 0 Å². The Bertz CT molecular complexity index is 1030. The molecule has 0 saturated carbocycles. The van der Waals surface area contributed by atoms with Crippen LogP contribution in [0.4, 0.5) is 4.39 Å². The molecule has 0 bridgehead atoms. The van der Waals surface area contributed by atoms with Gasteiger partial charge in [-0.25, -0.2) is 9.07 Å². The summed E-state index contributed by atoms with van der Waals surface area (Å²) in [6.45, 7) is 10.2. The largest absolute Gasteiger partial charge is 0.392 e. The molecule has 0 saturated heterocycles. The van der Waals surface area contributed by atoms with Crippen LogP contribution in [-0.4, -0.2) is 49.9 Å². The molecule has 6 heteroatoms. The zero-order valence-corrected chi connectivity index (χ0v) is 19.9. The Labute approximate surface area is 196 Å². The summed E-state index contributed by atoms with van der Waals surface area (Å²) in [7, 11) is 0. The van der Waals surface area contributed by atoms with Crippen LogP contribution in [-0.2, 0) is 26.1 Å². The number of benzene rings is 2. The lowest BCUT2D eigenvalue weighted by molar-refractivity contribution is 0.0869. The van der Waals surface area contributed by atoms with Crippen molar-refractivity contribution in [2.75, 3.05) is 13.1 Å². The second kappa shape index (κ2) is 10.6. The molecule has 2 heterocycles. The zero-order chi connectivity index (χ0) is 23.4. The summed E-state index contributed by atoms with van der Waals surface area (Å²) in [6, 6.07) is 17.4. The topological polar surface area (TPSA) is 44.5 Å². The molecule has 1 unspecified atom stereocenters. The van der Waals surface area contributed by atoms with E-state index in [0.29, 0.717) is 19.1 Å². The van der Waals surface area contributed by atoms with Gasteiger partial charge in [-0.2, -0.15) is 5.10 Å². The fourth-order valence-electron chi connectivity index (χ4n) is 4.48. The van der Waals surface area contributed by atoms with Crippen molar-refractivity contribution in [2.45, 2.75) is 65.4 Å². The Kier molecular flexibility index (Phi) is 7.58. The van der Waals surface area contributed by atoms with E-state index in [1.54, 1.807) is 0 Å². The number of hydrogen-bond donors (Lipinski definition) is 1. The number of nitrogens with zero attached hydrogens (tertiary/aromatic N) is 4. The number of hydrogen-bond acceptors (Lipinski definition) is 4. The van der Waals surface area contributed by atoms with Crippen LogP contribution in [0.3, 0.4) is 0 Å². The highest BCUT2D eigenvalue weighted by molar-refractivity contribution is 5.39. The van der Waals surface area contributed by atoms with E-state index in [1.807, 2.05) is 37.3 Å². The van der Waals surface area contributed by atoms with Crippen molar-refractivity contribution in [3.05, 3.63) is 82.9 Å². The average molecular weight is 451 g/mol. The minimum atomic E-state index is -0.339. The number of aliphatic hydroxyl groups excluding tert-OH is 1. The van der Waals surface area contributed by atoms with Crippen LogP contribution in [0.25, 0.3) is 5.69 Å². The summed E-state index contributed by atoms with van der Waals surface area (Å²) in [6.07, 6.45) is 1.32. The van der Waals surface area contributed by atoms with E-state index < -0.39 is 0 Å². The van der Waals surface area contributed by atoms with E-state index in [2.05, 4.69) is 40.5 Å². The number of rotatable bonds is 9. The van der Waals surface area contributed by atoms with Crippen LogP contribution in [0, 0.1) is 5.82 Å². The summed E-state index contributed by atoms with van der Waals surface area (Å²) in [4.78, 5) is 4.72. The fourth-order valence-corrected chi connectivity index (χ4v) is 4.48. The Balaban J connectivity index is 1.63. The highest BCUT2D eigenvalue weighted by Gasteiger charge is 2.27. The molecular formula is C27H35FN4O. The van der Waals surface area contributed by atoms with Gasteiger partial charge < -0.3 is 5.11 Å². The van der Waals surface area contributed by atoms with Crippen LogP contribution in [0.15, 0.2) is 54.6 Å². The molecule has 1 aliphatic heterocycles. The van der Waals surface area contributed by atoms with Gasteiger partial charge in [0.25, 0.3) is 0 Å². The fraction of sp³-hybridized carbons (Fsp3) is 0.444. The maximum Gasteiger partial charge on any atom is 0.123 e. The maximum atomic E-state index is 13.3. The molecule has 1 aliphatic rings. The Morgan fingerprint density at radius 2 is 1.82 bits per heavy atom. The van der Waals surface area contributed by atoms with E-state index in [0.717, 1.165) is 49.4 Å². The van der Waals surface area contributed by atoms with Crippen LogP contribution < -0.4 is 0 Å². The normalized spacial score (nSPS) is 15.2. The first-order valence-electron chi connectivity index (χ1n) is 12.0. The Morgan fingerprint density at radius 3 is 2.48 bits per heavy atom. The van der Waals surface area contributed by atoms with Crippen molar-refractivity contribution < 1.29 is 9.50 Å². The maximum absolute atomic E-state index is 13.3. The third-order valence-corrected chi connectivity index (χ3v) is 6.54. The molecule has 1 atom stereocenters. The third kappa shape index (κ3) is 5.69. The number of para-hydroxylation sites is 1. The van der Waals surface area contributed by atoms with Gasteiger partial charge in [0, 0.05) is 50.7 Å². The van der Waals surface area contributed by atoms with Gasteiger partial charge in [0.05, 0.1) is 23.2 Å². The first-order chi connectivity index (χ1) is 15.9. The van der Waals surface area contributed by atoms with Crippen molar-refractivity contribution in [1.29, 1.82) is 0 Å². The lowest BCUT2D eigenvalue weighted by atomic mass is 10.0. The summed E-state index contributed by atoms with van der Waals surface area (Å²) in [5, 5.41) is 15.4. The number of halogens is 1. The van der Waals surface area contributed by atoms with Crippen LogP contribution in [0.5, 0.6) is 0 Å². The van der Waals surface area contributed by atoms with Gasteiger partial charge in [-0.05, 0) is 50.1 Å². The molecule has 4 rings (SSSR count). The molecule has 1 N–H and O–H groups in total. The smallest absolute Gasteiger partial charge is 0.123 e. The van der Waals surface area contributed by atoms with Crippen molar-refractivity contribution in [3.8, 4) is 5.69 Å². The molecule has 0 spiro atoms. The molecule has 3 aromatic rings. The SMILES string of the molecule is CCC(O)CN(Cc1nn(-c2ccccc2)c2c1CN(Cc1ccc(F)cc1)CC2)C(C)C. The standard InChI is InChI=1S/C27H35FN4O/c1-4-24(33)17-31(20(2)3)19-26-25-18-30(16-21-10-12-22(28)13-11-21)15-14-27(25)32(29-26)23-8-6-5-7-9-23/h5-13,20,24,33H,4,14-19H2,1-3H3. The van der Waals surface area contributed by atoms with Gasteiger partial charge >= 0.3 is 0 Å². The molecule has 0 amide bonds. The van der Waals surface area contributed by atoms with Crippen LogP contribution in [0.2, 0.25) is 0 Å². The Hall–Kier alpha value is -2.54. The predicted octanol–water partition coefficient (Wildman–Crippen LogP) is 4.55. The molecule has 1 aromatic heterocycles. The first kappa shape index (κ1) is 23.6. The highest BCUT2D eigenvalue weighted by Crippen LogP contribution is 2.28. The van der Waals surface area contributed by atoms with Crippen LogP contribution >= 0.6 is 0 Å². The summed E-state index contributed by atoms with van der Waals surface area (Å²) in [5.74, 6) is -0.200. The molecule has 0 fully saturated rings. The minimum absolute atomic E-state index is 0.200. The van der Waals surface area contributed by atoms with E-state index >= 15 is 0 Å². The summed E-state index contributed by atoms with van der Waals surface area (Å²) in [5.41, 5.74) is 5.83. The van der Waals surface area contributed by atoms with E-state index in [1.165, 1.54) is 23.4 Å². The monoisotopic (exact) mass is 450 g/mol. The second-order valence-corrected chi connectivity index (χ2v) is 9.29. The zero-order valence-electron chi connectivity index (χ0n) is 19.9. The van der Waals surface area contributed by atoms with Crippen molar-refractivity contribution >= 4 is 0 Å². The number of aromatic nitrogens is 2. The first-order valence-corrected chi connectivity index (χ1v) is 12.0. The molecule has 5 nitrogen and oxygen atoms in total. The van der Waals surface area contributed by atoms with Crippen molar-refractivity contribution in [1.82, 2.24) is 19.6 Å².